The number of carbonyl (C=O) groups excluding carboxylic acids is 1. The minimum Gasteiger partial charge on any atom is -0.493 e. The summed E-state index contributed by atoms with van der Waals surface area (Å²) in [6, 6.07) is 19.3. The van der Waals surface area contributed by atoms with Crippen molar-refractivity contribution in [2.24, 2.45) is 0 Å². The highest BCUT2D eigenvalue weighted by Gasteiger charge is 2.18. The second-order valence-corrected chi connectivity index (χ2v) is 8.60. The third kappa shape index (κ3) is 5.68. The van der Waals surface area contributed by atoms with Gasteiger partial charge in [-0.25, -0.2) is 8.42 Å². The Morgan fingerprint density at radius 1 is 0.935 bits per heavy atom. The molecule has 2 N–H and O–H groups in total. The predicted octanol–water partition coefficient (Wildman–Crippen LogP) is 4.56. The second-order valence-electron chi connectivity index (χ2n) is 6.51. The Kier molecular flexibility index (Phi) is 7.04. The predicted molar refractivity (Wildman–Crippen MR) is 120 cm³/mol. The number of methoxy groups -OCH3 is 1. The Hall–Kier alpha value is -3.23. The zero-order valence-electron chi connectivity index (χ0n) is 16.8. The molecule has 0 aliphatic heterocycles. The molecule has 0 radical (unpaired) electrons. The van der Waals surface area contributed by atoms with Crippen LogP contribution in [-0.2, 0) is 14.8 Å². The molecule has 9 heteroatoms. The maximum atomic E-state index is 12.6. The summed E-state index contributed by atoms with van der Waals surface area (Å²) in [6.45, 7) is 1.61. The van der Waals surface area contributed by atoms with E-state index in [9.17, 15) is 13.2 Å². The van der Waals surface area contributed by atoms with Crippen LogP contribution in [0.1, 0.15) is 6.92 Å². The zero-order chi connectivity index (χ0) is 22.4. The number of para-hydroxylation sites is 3. The lowest BCUT2D eigenvalue weighted by atomic mass is 10.3. The number of rotatable bonds is 8. The highest BCUT2D eigenvalue weighted by Crippen LogP contribution is 2.27. The molecule has 0 aliphatic carbocycles. The lowest BCUT2D eigenvalue weighted by Gasteiger charge is -2.16. The molecule has 0 unspecified atom stereocenters. The molecule has 0 fully saturated rings. The van der Waals surface area contributed by atoms with Crippen molar-refractivity contribution in [2.45, 2.75) is 17.9 Å². The summed E-state index contributed by atoms with van der Waals surface area (Å²) in [5.41, 5.74) is 0.709. The van der Waals surface area contributed by atoms with Gasteiger partial charge in [0.15, 0.2) is 17.6 Å². The van der Waals surface area contributed by atoms with Crippen LogP contribution in [0.15, 0.2) is 77.7 Å². The molecule has 31 heavy (non-hydrogen) atoms. The van der Waals surface area contributed by atoms with Gasteiger partial charge >= 0.3 is 0 Å². The smallest absolute Gasteiger partial charge is 0.265 e. The van der Waals surface area contributed by atoms with E-state index >= 15 is 0 Å². The molecule has 0 saturated carbocycles. The summed E-state index contributed by atoms with van der Waals surface area (Å²) in [5.74, 6) is 0.568. The summed E-state index contributed by atoms with van der Waals surface area (Å²) in [5, 5.41) is 2.99. The highest BCUT2D eigenvalue weighted by atomic mass is 35.5. The monoisotopic (exact) mass is 460 g/mol. The number of hydrogen-bond acceptors (Lipinski definition) is 5. The van der Waals surface area contributed by atoms with Gasteiger partial charge in [0, 0.05) is 5.69 Å². The van der Waals surface area contributed by atoms with Gasteiger partial charge in [-0.2, -0.15) is 0 Å². The SMILES string of the molecule is COc1ccccc1O[C@H](C)C(=O)Nc1ccc(S(=O)(=O)Nc2ccccc2Cl)cc1. The van der Waals surface area contributed by atoms with E-state index in [4.69, 9.17) is 21.1 Å². The van der Waals surface area contributed by atoms with Gasteiger partial charge < -0.3 is 14.8 Å². The summed E-state index contributed by atoms with van der Waals surface area (Å²) in [7, 11) is -2.31. The van der Waals surface area contributed by atoms with Crippen molar-refractivity contribution in [1.29, 1.82) is 0 Å². The Morgan fingerprint density at radius 2 is 1.55 bits per heavy atom. The van der Waals surface area contributed by atoms with Gasteiger partial charge in [0.05, 0.1) is 22.7 Å². The van der Waals surface area contributed by atoms with Crippen molar-refractivity contribution in [3.8, 4) is 11.5 Å². The minimum atomic E-state index is -3.83. The largest absolute Gasteiger partial charge is 0.493 e. The zero-order valence-corrected chi connectivity index (χ0v) is 18.4. The molecule has 3 aromatic rings. The Bertz CT molecular complexity index is 1170. The molecule has 3 rings (SSSR count). The molecule has 3 aromatic carbocycles. The van der Waals surface area contributed by atoms with E-state index in [0.717, 1.165) is 0 Å². The number of anilines is 2. The molecule has 1 amide bonds. The molecular weight excluding hydrogens is 440 g/mol. The molecule has 0 bridgehead atoms. The van der Waals surface area contributed by atoms with E-state index in [1.54, 1.807) is 55.5 Å². The van der Waals surface area contributed by atoms with Crippen LogP contribution in [-0.4, -0.2) is 27.5 Å². The first-order valence-corrected chi connectivity index (χ1v) is 11.1. The quantitative estimate of drug-likeness (QED) is 0.514. The minimum absolute atomic E-state index is 0.0312. The van der Waals surface area contributed by atoms with Crippen LogP contribution >= 0.6 is 11.6 Å². The molecule has 0 aromatic heterocycles. The van der Waals surface area contributed by atoms with Gasteiger partial charge in [-0.1, -0.05) is 35.9 Å². The van der Waals surface area contributed by atoms with Crippen LogP contribution in [0.4, 0.5) is 11.4 Å². The van der Waals surface area contributed by atoms with Gasteiger partial charge in [-0.15, -0.1) is 0 Å². The average Bonchev–Trinajstić information content (AvgIpc) is 2.76. The van der Waals surface area contributed by atoms with E-state index in [-0.39, 0.29) is 10.6 Å². The number of nitrogens with one attached hydrogen (secondary N) is 2. The van der Waals surface area contributed by atoms with Crippen molar-refractivity contribution in [2.75, 3.05) is 17.1 Å². The van der Waals surface area contributed by atoms with Gasteiger partial charge in [0.2, 0.25) is 0 Å². The van der Waals surface area contributed by atoms with Gasteiger partial charge in [-0.3, -0.25) is 9.52 Å². The second kappa shape index (κ2) is 9.72. The number of halogens is 1. The first kappa shape index (κ1) is 22.5. The van der Waals surface area contributed by atoms with Crippen LogP contribution in [0.2, 0.25) is 5.02 Å². The fourth-order valence-electron chi connectivity index (χ4n) is 2.67. The molecular formula is C22H21ClN2O5S. The molecule has 0 spiro atoms. The van der Waals surface area contributed by atoms with Crippen molar-refractivity contribution >= 4 is 38.9 Å². The lowest BCUT2D eigenvalue weighted by Crippen LogP contribution is -2.30. The Labute approximate surface area is 186 Å². The van der Waals surface area contributed by atoms with Crippen molar-refractivity contribution < 1.29 is 22.7 Å². The fraction of sp³-hybridized carbons (Fsp3) is 0.136. The van der Waals surface area contributed by atoms with E-state index < -0.39 is 22.0 Å². The number of ether oxygens (including phenoxy) is 2. The van der Waals surface area contributed by atoms with Crippen LogP contribution in [0.3, 0.4) is 0 Å². The summed E-state index contributed by atoms with van der Waals surface area (Å²) < 4.78 is 38.5. The average molecular weight is 461 g/mol. The van der Waals surface area contributed by atoms with E-state index in [1.807, 2.05) is 0 Å². The Balaban J connectivity index is 1.65. The summed E-state index contributed by atoms with van der Waals surface area (Å²) in [6.07, 6.45) is -0.804. The Morgan fingerprint density at radius 3 is 2.19 bits per heavy atom. The summed E-state index contributed by atoms with van der Waals surface area (Å²) in [4.78, 5) is 12.5. The molecule has 0 saturated heterocycles. The highest BCUT2D eigenvalue weighted by molar-refractivity contribution is 7.92. The molecule has 7 nitrogen and oxygen atoms in total. The summed E-state index contributed by atoms with van der Waals surface area (Å²) >= 11 is 6.01. The topological polar surface area (TPSA) is 93.7 Å². The number of hydrogen-bond donors (Lipinski definition) is 2. The first-order chi connectivity index (χ1) is 14.8. The van der Waals surface area contributed by atoms with Crippen LogP contribution in [0.5, 0.6) is 11.5 Å². The van der Waals surface area contributed by atoms with Crippen molar-refractivity contribution in [3.63, 3.8) is 0 Å². The van der Waals surface area contributed by atoms with E-state index in [1.165, 1.54) is 31.4 Å². The van der Waals surface area contributed by atoms with E-state index in [2.05, 4.69) is 10.0 Å². The number of benzene rings is 3. The molecule has 1 atom stereocenters. The normalized spacial score (nSPS) is 12.0. The molecule has 0 heterocycles. The maximum absolute atomic E-state index is 12.6. The third-order valence-electron chi connectivity index (χ3n) is 4.29. The van der Waals surface area contributed by atoms with Gasteiger partial charge in [0.25, 0.3) is 15.9 Å². The standard InChI is InChI=1S/C22H21ClN2O5S/c1-15(30-21-10-6-5-9-20(21)29-2)22(26)24-16-11-13-17(14-12-16)31(27,28)25-19-8-4-3-7-18(19)23/h3-15,25H,1-2H3,(H,24,26)/t15-/m1/s1. The van der Waals surface area contributed by atoms with Gasteiger partial charge in [0.1, 0.15) is 0 Å². The number of amides is 1. The molecule has 162 valence electrons. The van der Waals surface area contributed by atoms with Crippen LogP contribution in [0, 0.1) is 0 Å². The van der Waals surface area contributed by atoms with Crippen LogP contribution in [0.25, 0.3) is 0 Å². The van der Waals surface area contributed by atoms with Crippen LogP contribution < -0.4 is 19.5 Å². The first-order valence-electron chi connectivity index (χ1n) is 9.28. The van der Waals surface area contributed by atoms with Crippen molar-refractivity contribution in [1.82, 2.24) is 0 Å². The molecule has 0 aliphatic rings. The van der Waals surface area contributed by atoms with Crippen molar-refractivity contribution in [3.05, 3.63) is 77.8 Å². The fourth-order valence-corrected chi connectivity index (χ4v) is 3.99. The third-order valence-corrected chi connectivity index (χ3v) is 6.00. The maximum Gasteiger partial charge on any atom is 0.265 e. The van der Waals surface area contributed by atoms with E-state index in [0.29, 0.717) is 22.2 Å². The number of carbonyl (C=O) groups is 1. The number of sulfonamides is 1. The van der Waals surface area contributed by atoms with Gasteiger partial charge in [-0.05, 0) is 55.5 Å². The lowest BCUT2D eigenvalue weighted by molar-refractivity contribution is -0.122.